The Morgan fingerprint density at radius 3 is 2.58 bits per heavy atom. The monoisotopic (exact) mass is 261 g/mol. The summed E-state index contributed by atoms with van der Waals surface area (Å²) in [7, 11) is 0. The number of amides is 1. The fourth-order valence-corrected chi connectivity index (χ4v) is 1.99. The van der Waals surface area contributed by atoms with Crippen LogP contribution in [0.5, 0.6) is 0 Å². The van der Waals surface area contributed by atoms with Crippen LogP contribution in [0.3, 0.4) is 0 Å². The number of carboxylic acids is 1. The van der Waals surface area contributed by atoms with Gasteiger partial charge in [0.1, 0.15) is 17.8 Å². The van der Waals surface area contributed by atoms with Crippen LogP contribution < -0.4 is 5.32 Å². The maximum absolute atomic E-state index is 12.0. The molecule has 1 heterocycles. The summed E-state index contributed by atoms with van der Waals surface area (Å²) in [6.45, 7) is 3.40. The lowest BCUT2D eigenvalue weighted by Gasteiger charge is -2.15. The second-order valence-corrected chi connectivity index (χ2v) is 4.69. The molecule has 0 aliphatic carbocycles. The number of hydrogen-bond acceptors (Lipinski definition) is 3. The molecule has 0 aliphatic rings. The Morgan fingerprint density at radius 1 is 1.26 bits per heavy atom. The molecule has 1 atom stereocenters. The number of carboxylic acid groups (broad SMARTS) is 1. The van der Waals surface area contributed by atoms with Crippen LogP contribution in [-0.2, 0) is 9.59 Å². The fourth-order valence-electron chi connectivity index (χ4n) is 1.99. The van der Waals surface area contributed by atoms with E-state index in [0.29, 0.717) is 11.3 Å². The van der Waals surface area contributed by atoms with E-state index in [1.165, 1.54) is 6.26 Å². The van der Waals surface area contributed by atoms with Crippen LogP contribution in [-0.4, -0.2) is 17.0 Å². The Balaban J connectivity index is 2.25. The van der Waals surface area contributed by atoms with Gasteiger partial charge in [-0.05, 0) is 18.1 Å². The van der Waals surface area contributed by atoms with Gasteiger partial charge in [0.05, 0.1) is 5.69 Å². The lowest BCUT2D eigenvalue weighted by atomic mass is 9.95. The summed E-state index contributed by atoms with van der Waals surface area (Å²) in [4.78, 5) is 23.1. The van der Waals surface area contributed by atoms with Crippen LogP contribution in [0.25, 0.3) is 11.0 Å². The van der Waals surface area contributed by atoms with E-state index < -0.39 is 17.8 Å². The molecule has 1 amide bonds. The molecule has 2 N–H and O–H groups in total. The standard InChI is InChI=1S/C14H15NO4/c1-8(2)12(14(17)18)13(16)15-10-7-19-11-6-4-3-5-9(10)11/h3-8,12H,1-2H3,(H,15,16)(H,17,18). The zero-order valence-corrected chi connectivity index (χ0v) is 10.7. The first-order chi connectivity index (χ1) is 9.00. The van der Waals surface area contributed by atoms with E-state index in [2.05, 4.69) is 5.32 Å². The molecule has 0 fully saturated rings. The number of rotatable bonds is 4. The highest BCUT2D eigenvalue weighted by Crippen LogP contribution is 2.26. The molecule has 0 radical (unpaired) electrons. The van der Waals surface area contributed by atoms with Crippen molar-refractivity contribution in [3.63, 3.8) is 0 Å². The number of para-hydroxylation sites is 1. The first-order valence-corrected chi connectivity index (χ1v) is 6.00. The second-order valence-electron chi connectivity index (χ2n) is 4.69. The number of carbonyl (C=O) groups excluding carboxylic acids is 1. The minimum absolute atomic E-state index is 0.282. The van der Waals surface area contributed by atoms with Crippen LogP contribution >= 0.6 is 0 Å². The highest BCUT2D eigenvalue weighted by Gasteiger charge is 2.30. The summed E-state index contributed by atoms with van der Waals surface area (Å²) < 4.78 is 5.29. The number of nitrogens with one attached hydrogen (secondary N) is 1. The third kappa shape index (κ3) is 2.59. The zero-order chi connectivity index (χ0) is 14.0. The summed E-state index contributed by atoms with van der Waals surface area (Å²) in [6.07, 6.45) is 1.42. The Bertz CT molecular complexity index is 615. The van der Waals surface area contributed by atoms with E-state index in [-0.39, 0.29) is 5.92 Å². The Labute approximate surface area is 110 Å². The molecular formula is C14H15NO4. The molecule has 19 heavy (non-hydrogen) atoms. The molecule has 0 aliphatic heterocycles. The quantitative estimate of drug-likeness (QED) is 0.829. The lowest BCUT2D eigenvalue weighted by molar-refractivity contribution is -0.147. The summed E-state index contributed by atoms with van der Waals surface area (Å²) in [6, 6.07) is 7.23. The van der Waals surface area contributed by atoms with E-state index in [1.54, 1.807) is 26.0 Å². The van der Waals surface area contributed by atoms with Crippen LogP contribution in [0, 0.1) is 11.8 Å². The summed E-state index contributed by atoms with van der Waals surface area (Å²) in [5.41, 5.74) is 1.14. The van der Waals surface area contributed by atoms with Gasteiger partial charge in [0.2, 0.25) is 5.91 Å². The largest absolute Gasteiger partial charge is 0.481 e. The van der Waals surface area contributed by atoms with Gasteiger partial charge >= 0.3 is 5.97 Å². The topological polar surface area (TPSA) is 79.5 Å². The average molecular weight is 261 g/mol. The third-order valence-corrected chi connectivity index (χ3v) is 2.95. The summed E-state index contributed by atoms with van der Waals surface area (Å²) in [5, 5.41) is 12.4. The van der Waals surface area contributed by atoms with Crippen molar-refractivity contribution < 1.29 is 19.1 Å². The van der Waals surface area contributed by atoms with Gasteiger partial charge < -0.3 is 14.8 Å². The normalized spacial score (nSPS) is 12.6. The van der Waals surface area contributed by atoms with Crippen molar-refractivity contribution in [3.8, 4) is 0 Å². The SMILES string of the molecule is CC(C)C(C(=O)O)C(=O)Nc1coc2ccccc12. The van der Waals surface area contributed by atoms with Crippen molar-refractivity contribution in [2.45, 2.75) is 13.8 Å². The van der Waals surface area contributed by atoms with Gasteiger partial charge in [-0.1, -0.05) is 26.0 Å². The molecular weight excluding hydrogens is 246 g/mol. The zero-order valence-electron chi connectivity index (χ0n) is 10.7. The van der Waals surface area contributed by atoms with Gasteiger partial charge in [-0.2, -0.15) is 0 Å². The molecule has 5 nitrogen and oxygen atoms in total. The van der Waals surface area contributed by atoms with E-state index in [9.17, 15) is 9.59 Å². The third-order valence-electron chi connectivity index (χ3n) is 2.95. The molecule has 0 saturated heterocycles. The van der Waals surface area contributed by atoms with E-state index in [1.807, 2.05) is 12.1 Å². The van der Waals surface area contributed by atoms with Crippen LogP contribution in [0.2, 0.25) is 0 Å². The number of carbonyl (C=O) groups is 2. The van der Waals surface area contributed by atoms with E-state index in [4.69, 9.17) is 9.52 Å². The van der Waals surface area contributed by atoms with Crippen LogP contribution in [0.4, 0.5) is 5.69 Å². The predicted octanol–water partition coefficient (Wildman–Crippen LogP) is 2.73. The number of furan rings is 1. The maximum atomic E-state index is 12.0. The lowest BCUT2D eigenvalue weighted by Crippen LogP contribution is -2.33. The van der Waals surface area contributed by atoms with Gasteiger partial charge in [-0.3, -0.25) is 9.59 Å². The minimum Gasteiger partial charge on any atom is -0.481 e. The average Bonchev–Trinajstić information content (AvgIpc) is 2.72. The number of hydrogen-bond donors (Lipinski definition) is 2. The summed E-state index contributed by atoms with van der Waals surface area (Å²) >= 11 is 0. The highest BCUT2D eigenvalue weighted by molar-refractivity contribution is 6.08. The number of aliphatic carboxylic acids is 1. The van der Waals surface area contributed by atoms with Crippen LogP contribution in [0.1, 0.15) is 13.8 Å². The van der Waals surface area contributed by atoms with Gasteiger partial charge in [0, 0.05) is 5.39 Å². The minimum atomic E-state index is -1.12. The highest BCUT2D eigenvalue weighted by atomic mass is 16.4. The van der Waals surface area contributed by atoms with Gasteiger partial charge in [0.15, 0.2) is 0 Å². The molecule has 0 spiro atoms. The Hall–Kier alpha value is -2.30. The molecule has 0 saturated carbocycles. The first kappa shape index (κ1) is 13.1. The maximum Gasteiger partial charge on any atom is 0.316 e. The van der Waals surface area contributed by atoms with Crippen molar-refractivity contribution in [1.82, 2.24) is 0 Å². The van der Waals surface area contributed by atoms with Crippen molar-refractivity contribution >= 4 is 28.5 Å². The molecule has 0 bridgehead atoms. The Kier molecular flexibility index (Phi) is 3.55. The van der Waals surface area contributed by atoms with Crippen molar-refractivity contribution in [1.29, 1.82) is 0 Å². The molecule has 2 aromatic rings. The fraction of sp³-hybridized carbons (Fsp3) is 0.286. The Morgan fingerprint density at radius 2 is 1.95 bits per heavy atom. The van der Waals surface area contributed by atoms with E-state index in [0.717, 1.165) is 5.39 Å². The first-order valence-electron chi connectivity index (χ1n) is 6.00. The molecule has 1 aromatic heterocycles. The summed E-state index contributed by atoms with van der Waals surface area (Å²) in [5.74, 6) is -3.02. The van der Waals surface area contributed by atoms with Crippen molar-refractivity contribution in [3.05, 3.63) is 30.5 Å². The van der Waals surface area contributed by atoms with Gasteiger partial charge in [-0.25, -0.2) is 0 Å². The molecule has 5 heteroatoms. The van der Waals surface area contributed by atoms with Crippen molar-refractivity contribution in [2.24, 2.45) is 11.8 Å². The van der Waals surface area contributed by atoms with Crippen molar-refractivity contribution in [2.75, 3.05) is 5.32 Å². The smallest absolute Gasteiger partial charge is 0.316 e. The second kappa shape index (κ2) is 5.14. The molecule has 1 aromatic carbocycles. The van der Waals surface area contributed by atoms with E-state index >= 15 is 0 Å². The molecule has 1 unspecified atom stereocenters. The molecule has 100 valence electrons. The molecule has 2 rings (SSSR count). The van der Waals surface area contributed by atoms with Crippen LogP contribution in [0.15, 0.2) is 34.9 Å². The number of benzene rings is 1. The number of fused-ring (bicyclic) bond motifs is 1. The van der Waals surface area contributed by atoms with Gasteiger partial charge in [0.25, 0.3) is 0 Å². The van der Waals surface area contributed by atoms with Gasteiger partial charge in [-0.15, -0.1) is 0 Å². The number of anilines is 1. The predicted molar refractivity (Wildman–Crippen MR) is 70.8 cm³/mol.